The van der Waals surface area contributed by atoms with Crippen molar-refractivity contribution in [3.05, 3.63) is 109 Å². The number of benzene rings is 3. The van der Waals surface area contributed by atoms with Gasteiger partial charge in [-0.3, -0.25) is 9.59 Å². The number of carbonyl (C=O) groups excluding carboxylic acids is 1. The molecule has 0 bridgehead atoms. The maximum Gasteiger partial charge on any atom is 0.291 e. The van der Waals surface area contributed by atoms with Crippen LogP contribution in [0.3, 0.4) is 0 Å². The molecule has 0 radical (unpaired) electrons. The molecule has 0 atom stereocenters. The molecule has 0 unspecified atom stereocenters. The van der Waals surface area contributed by atoms with Crippen molar-refractivity contribution in [1.82, 2.24) is 14.6 Å². The molecule has 6 rings (SSSR count). The van der Waals surface area contributed by atoms with Crippen LogP contribution in [0.1, 0.15) is 11.1 Å². The molecular formula is C25H14BrFN4O2S. The molecule has 2 aromatic heterocycles. The Bertz CT molecular complexity index is 1700. The van der Waals surface area contributed by atoms with Crippen LogP contribution in [-0.2, 0) is 11.3 Å². The minimum Gasteiger partial charge on any atom is -0.303 e. The van der Waals surface area contributed by atoms with Crippen molar-refractivity contribution in [2.45, 2.75) is 6.54 Å². The van der Waals surface area contributed by atoms with E-state index in [1.165, 1.54) is 16.6 Å². The predicted octanol–water partition coefficient (Wildman–Crippen LogP) is 4.18. The van der Waals surface area contributed by atoms with Crippen molar-refractivity contribution in [2.24, 2.45) is 0 Å². The smallest absolute Gasteiger partial charge is 0.291 e. The highest BCUT2D eigenvalue weighted by Crippen LogP contribution is 2.38. The fraction of sp³-hybridized carbons (Fsp3) is 0.0400. The topological polar surface area (TPSA) is 67.6 Å². The molecule has 0 saturated carbocycles. The minimum absolute atomic E-state index is 0.239. The molecule has 34 heavy (non-hydrogen) atoms. The zero-order chi connectivity index (χ0) is 23.4. The zero-order valence-electron chi connectivity index (χ0n) is 17.4. The maximum atomic E-state index is 13.6. The Labute approximate surface area is 204 Å². The van der Waals surface area contributed by atoms with Gasteiger partial charge in [0.05, 0.1) is 17.8 Å². The van der Waals surface area contributed by atoms with Crippen LogP contribution >= 0.6 is 27.3 Å². The lowest BCUT2D eigenvalue weighted by Gasteiger charge is -2.17. The second-order valence-corrected chi connectivity index (χ2v) is 9.68. The molecule has 0 fully saturated rings. The lowest BCUT2D eigenvalue weighted by atomic mass is 10.1. The highest BCUT2D eigenvalue weighted by Gasteiger charge is 2.34. The summed E-state index contributed by atoms with van der Waals surface area (Å²) < 4.78 is 15.6. The largest absolute Gasteiger partial charge is 0.303 e. The van der Waals surface area contributed by atoms with E-state index in [1.807, 2.05) is 48.5 Å². The monoisotopic (exact) mass is 532 g/mol. The highest BCUT2D eigenvalue weighted by atomic mass is 79.9. The molecule has 1 aliphatic heterocycles. The summed E-state index contributed by atoms with van der Waals surface area (Å²) in [4.78, 5) is 33.4. The summed E-state index contributed by atoms with van der Waals surface area (Å²) in [5.41, 5.74) is 2.97. The van der Waals surface area contributed by atoms with E-state index in [0.717, 1.165) is 27.1 Å². The molecule has 0 aliphatic carbocycles. The lowest BCUT2D eigenvalue weighted by molar-refractivity contribution is -0.113. The van der Waals surface area contributed by atoms with Gasteiger partial charge < -0.3 is 4.90 Å². The quantitative estimate of drug-likeness (QED) is 0.349. The Morgan fingerprint density at radius 1 is 0.971 bits per heavy atom. The van der Waals surface area contributed by atoms with Crippen molar-refractivity contribution < 1.29 is 9.18 Å². The van der Waals surface area contributed by atoms with Gasteiger partial charge in [-0.05, 0) is 48.0 Å². The van der Waals surface area contributed by atoms with Crippen molar-refractivity contribution in [1.29, 1.82) is 0 Å². The first-order valence-electron chi connectivity index (χ1n) is 10.3. The molecule has 5 aromatic rings. The maximum absolute atomic E-state index is 13.6. The molecule has 0 spiro atoms. The Morgan fingerprint density at radius 2 is 1.74 bits per heavy atom. The van der Waals surface area contributed by atoms with Crippen molar-refractivity contribution in [2.75, 3.05) is 4.90 Å². The highest BCUT2D eigenvalue weighted by molar-refractivity contribution is 9.10. The van der Waals surface area contributed by atoms with Crippen LogP contribution in [0.5, 0.6) is 0 Å². The average Bonchev–Trinajstić information content (AvgIpc) is 3.46. The third-order valence-corrected chi connectivity index (χ3v) is 7.17. The fourth-order valence-corrected chi connectivity index (χ4v) is 5.41. The van der Waals surface area contributed by atoms with Gasteiger partial charge in [-0.2, -0.15) is 9.50 Å². The Balaban J connectivity index is 1.52. The normalized spacial score (nSPS) is 14.8. The fourth-order valence-electron chi connectivity index (χ4n) is 4.05. The van der Waals surface area contributed by atoms with E-state index < -0.39 is 5.56 Å². The minimum atomic E-state index is -0.406. The molecule has 3 aromatic carbocycles. The van der Waals surface area contributed by atoms with E-state index in [2.05, 4.69) is 26.0 Å². The average molecular weight is 533 g/mol. The third kappa shape index (κ3) is 3.36. The first-order chi connectivity index (χ1) is 16.5. The van der Waals surface area contributed by atoms with Crippen LogP contribution in [0.4, 0.5) is 10.1 Å². The molecule has 0 saturated heterocycles. The van der Waals surface area contributed by atoms with Crippen molar-refractivity contribution in [3.8, 4) is 11.4 Å². The number of amides is 1. The number of halogens is 2. The number of carbonyl (C=O) groups is 1. The van der Waals surface area contributed by atoms with Gasteiger partial charge in [-0.15, -0.1) is 5.10 Å². The molecular weight excluding hydrogens is 519 g/mol. The van der Waals surface area contributed by atoms with E-state index in [9.17, 15) is 14.0 Å². The molecule has 1 amide bonds. The molecule has 6 nitrogen and oxygen atoms in total. The third-order valence-electron chi connectivity index (χ3n) is 5.65. The summed E-state index contributed by atoms with van der Waals surface area (Å²) in [5.74, 6) is -0.276. The number of rotatable bonds is 3. The van der Waals surface area contributed by atoms with Gasteiger partial charge >= 0.3 is 0 Å². The summed E-state index contributed by atoms with van der Waals surface area (Å²) in [5, 5.41) is 4.32. The van der Waals surface area contributed by atoms with Gasteiger partial charge in [0.1, 0.15) is 10.3 Å². The van der Waals surface area contributed by atoms with E-state index in [0.29, 0.717) is 38.6 Å². The number of aromatic nitrogens is 3. The second-order valence-electron chi connectivity index (χ2n) is 7.79. The van der Waals surface area contributed by atoms with E-state index in [-0.39, 0.29) is 11.7 Å². The van der Waals surface area contributed by atoms with Crippen LogP contribution in [0, 0.1) is 5.82 Å². The van der Waals surface area contributed by atoms with Crippen LogP contribution in [-0.4, -0.2) is 20.5 Å². The number of nitrogens with zero attached hydrogens (tertiary/aromatic N) is 4. The van der Waals surface area contributed by atoms with Gasteiger partial charge in [0, 0.05) is 15.6 Å². The summed E-state index contributed by atoms with van der Waals surface area (Å²) in [6.45, 7) is 0.390. The predicted molar refractivity (Wildman–Crippen MR) is 132 cm³/mol. The van der Waals surface area contributed by atoms with Gasteiger partial charge in [-0.25, -0.2) is 4.39 Å². The van der Waals surface area contributed by atoms with Gasteiger partial charge in [0.2, 0.25) is 4.96 Å². The Morgan fingerprint density at radius 3 is 2.47 bits per heavy atom. The summed E-state index contributed by atoms with van der Waals surface area (Å²) in [6.07, 6.45) is 0. The van der Waals surface area contributed by atoms with Crippen LogP contribution in [0.2, 0.25) is 0 Å². The number of anilines is 1. The molecule has 1 aliphatic rings. The molecule has 9 heteroatoms. The number of hydrogen-bond acceptors (Lipinski definition) is 5. The van der Waals surface area contributed by atoms with Gasteiger partial charge in [-0.1, -0.05) is 57.6 Å². The van der Waals surface area contributed by atoms with Crippen molar-refractivity contribution in [3.63, 3.8) is 0 Å². The number of hydrogen-bond donors (Lipinski definition) is 0. The molecule has 166 valence electrons. The summed E-state index contributed by atoms with van der Waals surface area (Å²) in [7, 11) is 0. The van der Waals surface area contributed by atoms with Crippen molar-refractivity contribution >= 4 is 49.4 Å². The van der Waals surface area contributed by atoms with Crippen LogP contribution < -0.4 is 15.0 Å². The van der Waals surface area contributed by atoms with Crippen LogP contribution in [0.15, 0.2) is 82.1 Å². The van der Waals surface area contributed by atoms with Crippen LogP contribution in [0.25, 0.3) is 21.9 Å². The molecule has 0 N–H and O–H groups in total. The summed E-state index contributed by atoms with van der Waals surface area (Å²) >= 11 is 4.61. The Hall–Kier alpha value is -3.69. The van der Waals surface area contributed by atoms with E-state index >= 15 is 0 Å². The standard InChI is InChI=1S/C25H14BrFN4O2S/c26-16-8-11-19-18(12-16)20(23(32)30(19)13-14-4-2-1-3-5-14)21-24(33)31-25(34-21)28-22(29-31)15-6-9-17(27)10-7-15/h1-12H,13H2/b21-20-. The van der Waals surface area contributed by atoms with Gasteiger partial charge in [0.25, 0.3) is 11.5 Å². The summed E-state index contributed by atoms with van der Waals surface area (Å²) in [6, 6.07) is 21.1. The number of thiazole rings is 1. The Kier molecular flexibility index (Phi) is 4.89. The number of fused-ring (bicyclic) bond motifs is 2. The second kappa shape index (κ2) is 7.96. The zero-order valence-corrected chi connectivity index (χ0v) is 19.8. The molecule has 3 heterocycles. The van der Waals surface area contributed by atoms with Gasteiger partial charge in [0.15, 0.2) is 5.82 Å². The van der Waals surface area contributed by atoms with E-state index in [4.69, 9.17) is 0 Å². The lowest BCUT2D eigenvalue weighted by Crippen LogP contribution is -2.32. The van der Waals surface area contributed by atoms with E-state index in [1.54, 1.807) is 17.0 Å². The first kappa shape index (κ1) is 20.9. The first-order valence-corrected chi connectivity index (χ1v) is 12.0. The SMILES string of the molecule is O=C1/C(=c2\sc3nc(-c4ccc(F)cc4)nn3c2=O)c2cc(Br)ccc2N1Cc1ccccc1.